The highest BCUT2D eigenvalue weighted by Crippen LogP contribution is 2.11. The van der Waals surface area contributed by atoms with E-state index in [-0.39, 0.29) is 10.8 Å². The van der Waals surface area contributed by atoms with Crippen molar-refractivity contribution in [1.29, 1.82) is 0 Å². The summed E-state index contributed by atoms with van der Waals surface area (Å²) in [7, 11) is -0.436. The number of amides is 1. The van der Waals surface area contributed by atoms with Crippen molar-refractivity contribution in [2.45, 2.75) is 18.4 Å². The number of hydrogen-bond donors (Lipinski definition) is 1. The maximum absolute atomic E-state index is 12.1. The van der Waals surface area contributed by atoms with Crippen molar-refractivity contribution in [1.82, 2.24) is 14.8 Å². The molecule has 1 N–H and O–H groups in total. The van der Waals surface area contributed by atoms with Crippen LogP contribution in [-0.4, -0.2) is 38.5 Å². The van der Waals surface area contributed by atoms with Gasteiger partial charge in [-0.15, -0.1) is 0 Å². The van der Waals surface area contributed by atoms with Gasteiger partial charge in [0.1, 0.15) is 11.5 Å². The Bertz CT molecular complexity index is 838. The highest BCUT2D eigenvalue weighted by atomic mass is 32.2. The van der Waals surface area contributed by atoms with Gasteiger partial charge < -0.3 is 9.42 Å². The van der Waals surface area contributed by atoms with Crippen molar-refractivity contribution in [2.75, 3.05) is 14.1 Å². The Morgan fingerprint density at radius 1 is 1.33 bits per heavy atom. The number of nitrogens with zero attached hydrogens (tertiary/aromatic N) is 2. The van der Waals surface area contributed by atoms with Crippen LogP contribution in [-0.2, 0) is 21.4 Å². The highest BCUT2D eigenvalue weighted by molar-refractivity contribution is 7.89. The van der Waals surface area contributed by atoms with E-state index in [1.807, 2.05) is 0 Å². The fraction of sp³-hybridized carbons (Fsp3) is 0.250. The van der Waals surface area contributed by atoms with E-state index in [1.54, 1.807) is 38.2 Å². The lowest BCUT2D eigenvalue weighted by Gasteiger charge is -2.12. The van der Waals surface area contributed by atoms with Crippen LogP contribution in [0.5, 0.6) is 0 Å². The molecule has 0 spiro atoms. The molecule has 0 unspecified atom stereocenters. The smallest absolute Gasteiger partial charge is 0.246 e. The predicted molar refractivity (Wildman–Crippen MR) is 89.4 cm³/mol. The second kappa shape index (κ2) is 7.41. The first-order valence-corrected chi connectivity index (χ1v) is 8.69. The molecule has 0 saturated heterocycles. The minimum atomic E-state index is -3.46. The molecule has 2 aromatic rings. The van der Waals surface area contributed by atoms with E-state index in [4.69, 9.17) is 4.52 Å². The normalized spacial score (nSPS) is 11.8. The fourth-order valence-corrected chi connectivity index (χ4v) is 2.71. The molecule has 0 aliphatic heterocycles. The maximum atomic E-state index is 12.1. The monoisotopic (exact) mass is 349 g/mol. The van der Waals surface area contributed by atoms with Crippen LogP contribution < -0.4 is 4.72 Å². The summed E-state index contributed by atoms with van der Waals surface area (Å²) in [4.78, 5) is 13.8. The molecule has 0 aliphatic rings. The lowest BCUT2D eigenvalue weighted by molar-refractivity contribution is -0.125. The number of carbonyl (C=O) groups excluding carboxylic acids is 1. The molecule has 1 aromatic heterocycles. The fourth-order valence-electron chi connectivity index (χ4n) is 1.98. The molecule has 0 bridgehead atoms. The lowest BCUT2D eigenvalue weighted by atomic mass is 10.2. The molecule has 0 atom stereocenters. The van der Waals surface area contributed by atoms with Crippen molar-refractivity contribution >= 4 is 22.0 Å². The molecule has 1 amide bonds. The third-order valence-corrected chi connectivity index (χ3v) is 4.76. The Hall–Kier alpha value is -2.45. The van der Waals surface area contributed by atoms with Gasteiger partial charge in [0.05, 0.1) is 11.4 Å². The van der Waals surface area contributed by atoms with Gasteiger partial charge in [-0.25, -0.2) is 13.1 Å². The first-order valence-electron chi connectivity index (χ1n) is 7.21. The van der Waals surface area contributed by atoms with Crippen molar-refractivity contribution in [3.8, 4) is 0 Å². The van der Waals surface area contributed by atoms with E-state index in [1.165, 1.54) is 30.2 Å². The first-order chi connectivity index (χ1) is 11.3. The summed E-state index contributed by atoms with van der Waals surface area (Å²) >= 11 is 0. The Kier molecular flexibility index (Phi) is 5.53. The molecule has 0 radical (unpaired) electrons. The summed E-state index contributed by atoms with van der Waals surface area (Å²) in [6.07, 6.45) is 3.05. The zero-order valence-electron chi connectivity index (χ0n) is 13.7. The summed E-state index contributed by atoms with van der Waals surface area (Å²) in [5.41, 5.74) is 1.41. The van der Waals surface area contributed by atoms with E-state index in [0.29, 0.717) is 18.0 Å². The third-order valence-electron chi connectivity index (χ3n) is 3.33. The van der Waals surface area contributed by atoms with E-state index >= 15 is 0 Å². The van der Waals surface area contributed by atoms with Gasteiger partial charge in [-0.05, 0) is 37.7 Å². The average Bonchev–Trinajstić information content (AvgIpc) is 2.97. The molecule has 2 rings (SSSR count). The summed E-state index contributed by atoms with van der Waals surface area (Å²) in [5.74, 6) is 0.501. The summed E-state index contributed by atoms with van der Waals surface area (Å²) < 4.78 is 30.5. The zero-order chi connectivity index (χ0) is 17.7. The highest BCUT2D eigenvalue weighted by Gasteiger charge is 2.11. The van der Waals surface area contributed by atoms with Gasteiger partial charge in [0.2, 0.25) is 15.9 Å². The zero-order valence-corrected chi connectivity index (χ0v) is 14.5. The molecule has 0 aliphatic carbocycles. The Morgan fingerprint density at radius 3 is 2.54 bits per heavy atom. The summed E-state index contributed by atoms with van der Waals surface area (Å²) in [6, 6.07) is 8.01. The minimum Gasteiger partial charge on any atom is -0.361 e. The van der Waals surface area contributed by atoms with Gasteiger partial charge in [-0.1, -0.05) is 17.3 Å². The van der Waals surface area contributed by atoms with Crippen molar-refractivity contribution < 1.29 is 17.7 Å². The Labute approximate surface area is 141 Å². The number of rotatable bonds is 6. The average molecular weight is 349 g/mol. The molecular formula is C16H19N3O4S. The van der Waals surface area contributed by atoms with Crippen LogP contribution in [0.2, 0.25) is 0 Å². The van der Waals surface area contributed by atoms with Gasteiger partial charge >= 0.3 is 0 Å². The predicted octanol–water partition coefficient (Wildman–Crippen LogP) is 1.56. The topological polar surface area (TPSA) is 92.5 Å². The number of likely N-dealkylation sites (N-methyl/N-ethyl adjacent to an activating group) is 1. The van der Waals surface area contributed by atoms with E-state index in [0.717, 1.165) is 5.56 Å². The minimum absolute atomic E-state index is 0.173. The van der Waals surface area contributed by atoms with Crippen LogP contribution in [0.1, 0.15) is 17.0 Å². The second-order valence-electron chi connectivity index (χ2n) is 5.23. The number of carbonyl (C=O) groups is 1. The van der Waals surface area contributed by atoms with E-state index < -0.39 is 10.0 Å². The first kappa shape index (κ1) is 17.9. The molecule has 128 valence electrons. The van der Waals surface area contributed by atoms with E-state index in [2.05, 4.69) is 9.88 Å². The molecule has 1 aromatic carbocycles. The van der Waals surface area contributed by atoms with Crippen LogP contribution in [0.15, 0.2) is 45.8 Å². The van der Waals surface area contributed by atoms with Crippen LogP contribution >= 0.6 is 0 Å². The molecule has 24 heavy (non-hydrogen) atoms. The molecule has 7 nitrogen and oxygen atoms in total. The molecule has 0 fully saturated rings. The van der Waals surface area contributed by atoms with Gasteiger partial charge in [0.25, 0.3) is 0 Å². The molecule has 8 heteroatoms. The molecular weight excluding hydrogens is 330 g/mol. The Balaban J connectivity index is 2.00. The van der Waals surface area contributed by atoms with Gasteiger partial charge in [-0.2, -0.15) is 0 Å². The van der Waals surface area contributed by atoms with Crippen LogP contribution in [0.4, 0.5) is 0 Å². The number of aryl methyl sites for hydroxylation is 1. The largest absolute Gasteiger partial charge is 0.361 e. The summed E-state index contributed by atoms with van der Waals surface area (Å²) in [6.45, 7) is 2.13. The quantitative estimate of drug-likeness (QED) is 0.799. The van der Waals surface area contributed by atoms with Crippen molar-refractivity contribution in [3.63, 3.8) is 0 Å². The number of sulfonamides is 1. The number of benzene rings is 1. The third kappa shape index (κ3) is 4.53. The summed E-state index contributed by atoms with van der Waals surface area (Å²) in [5, 5.41) is 3.84. The molecule has 1 heterocycles. The van der Waals surface area contributed by atoms with Crippen LogP contribution in [0.3, 0.4) is 0 Å². The Morgan fingerprint density at radius 2 is 2.00 bits per heavy atom. The standard InChI is InChI=1S/C16H19N3O4S/c1-12-10-14(18-23-12)11-19(3)16(20)9-6-13-4-7-15(8-5-13)24(21,22)17-2/h4-10,17H,11H2,1-3H3/b9-6+. The maximum Gasteiger partial charge on any atom is 0.246 e. The van der Waals surface area contributed by atoms with Crippen molar-refractivity contribution in [2.24, 2.45) is 0 Å². The number of hydrogen-bond acceptors (Lipinski definition) is 5. The van der Waals surface area contributed by atoms with E-state index in [9.17, 15) is 13.2 Å². The van der Waals surface area contributed by atoms with Gasteiger partial charge in [-0.3, -0.25) is 4.79 Å². The molecule has 0 saturated carbocycles. The van der Waals surface area contributed by atoms with Crippen LogP contribution in [0.25, 0.3) is 6.08 Å². The van der Waals surface area contributed by atoms with Gasteiger partial charge in [0.15, 0.2) is 0 Å². The number of nitrogens with one attached hydrogen (secondary N) is 1. The number of aromatic nitrogens is 1. The van der Waals surface area contributed by atoms with Crippen LogP contribution in [0, 0.1) is 6.92 Å². The van der Waals surface area contributed by atoms with Gasteiger partial charge in [0, 0.05) is 19.2 Å². The second-order valence-corrected chi connectivity index (χ2v) is 7.12. The SMILES string of the molecule is CNS(=O)(=O)c1ccc(/C=C/C(=O)N(C)Cc2cc(C)on2)cc1. The van der Waals surface area contributed by atoms with Crippen molar-refractivity contribution in [3.05, 3.63) is 53.4 Å². The lowest BCUT2D eigenvalue weighted by Crippen LogP contribution is -2.24.